The van der Waals surface area contributed by atoms with Gasteiger partial charge in [-0.1, -0.05) is 50.6 Å². The Morgan fingerprint density at radius 1 is 1.32 bits per heavy atom. The van der Waals surface area contributed by atoms with Crippen LogP contribution in [0.4, 0.5) is 0 Å². The first-order chi connectivity index (χ1) is 11.6. The summed E-state index contributed by atoms with van der Waals surface area (Å²) in [5.41, 5.74) is 7.29. The van der Waals surface area contributed by atoms with Crippen LogP contribution in [0.25, 0.3) is 0 Å². The minimum Gasteiger partial charge on any atom is -0.348 e. The highest BCUT2D eigenvalue weighted by Gasteiger charge is 2.19. The Balaban J connectivity index is 0.00000312. The standard InChI is InChI=1S/C19H28N4O.ClH/c1-3-15(2)18(20)19(24)22-14-17-21-11-13-23(17)12-7-10-16-8-5-4-6-9-16;/h4-6,8-9,11,13,15,18H,3,7,10,12,14,20H2,1-2H3,(H,22,24);1H. The van der Waals surface area contributed by atoms with Gasteiger partial charge in [0, 0.05) is 18.9 Å². The molecule has 0 aliphatic rings. The van der Waals surface area contributed by atoms with Crippen molar-refractivity contribution < 1.29 is 4.79 Å². The smallest absolute Gasteiger partial charge is 0.237 e. The molecule has 2 aromatic rings. The first kappa shape index (κ1) is 21.2. The number of rotatable bonds is 9. The van der Waals surface area contributed by atoms with Crippen LogP contribution in [0.3, 0.4) is 0 Å². The lowest BCUT2D eigenvalue weighted by Gasteiger charge is -2.17. The van der Waals surface area contributed by atoms with E-state index in [0.29, 0.717) is 6.54 Å². The predicted molar refractivity (Wildman–Crippen MR) is 104 cm³/mol. The second kappa shape index (κ2) is 10.9. The number of imidazole rings is 1. The van der Waals surface area contributed by atoms with Crippen molar-refractivity contribution in [2.24, 2.45) is 11.7 Å². The third-order valence-electron chi connectivity index (χ3n) is 4.49. The monoisotopic (exact) mass is 364 g/mol. The van der Waals surface area contributed by atoms with Gasteiger partial charge in [-0.2, -0.15) is 0 Å². The zero-order valence-corrected chi connectivity index (χ0v) is 15.8. The topological polar surface area (TPSA) is 72.9 Å². The van der Waals surface area contributed by atoms with Crippen molar-refractivity contribution in [3.05, 3.63) is 54.1 Å². The Morgan fingerprint density at radius 3 is 2.72 bits per heavy atom. The highest BCUT2D eigenvalue weighted by molar-refractivity contribution is 5.85. The highest BCUT2D eigenvalue weighted by Crippen LogP contribution is 2.07. The molecule has 0 saturated heterocycles. The summed E-state index contributed by atoms with van der Waals surface area (Å²) >= 11 is 0. The second-order valence-corrected chi connectivity index (χ2v) is 6.26. The molecule has 0 radical (unpaired) electrons. The molecule has 0 bridgehead atoms. The number of nitrogens with two attached hydrogens (primary N) is 1. The molecule has 138 valence electrons. The van der Waals surface area contributed by atoms with Gasteiger partial charge < -0.3 is 15.6 Å². The van der Waals surface area contributed by atoms with Gasteiger partial charge in [0.25, 0.3) is 0 Å². The van der Waals surface area contributed by atoms with Crippen LogP contribution < -0.4 is 11.1 Å². The van der Waals surface area contributed by atoms with Crippen LogP contribution in [0.1, 0.15) is 38.1 Å². The maximum atomic E-state index is 12.1. The zero-order valence-electron chi connectivity index (χ0n) is 15.0. The van der Waals surface area contributed by atoms with E-state index < -0.39 is 6.04 Å². The number of carbonyl (C=O) groups is 1. The molecule has 2 atom stereocenters. The SMILES string of the molecule is CCC(C)C(N)C(=O)NCc1nccn1CCCc1ccccc1.Cl. The minimum atomic E-state index is -0.462. The van der Waals surface area contributed by atoms with E-state index in [9.17, 15) is 4.79 Å². The summed E-state index contributed by atoms with van der Waals surface area (Å²) in [5, 5.41) is 2.90. The van der Waals surface area contributed by atoms with E-state index in [-0.39, 0.29) is 24.2 Å². The lowest BCUT2D eigenvalue weighted by Crippen LogP contribution is -2.44. The Hall–Kier alpha value is -1.85. The summed E-state index contributed by atoms with van der Waals surface area (Å²) in [6.07, 6.45) is 6.69. The van der Waals surface area contributed by atoms with Crippen molar-refractivity contribution in [3.8, 4) is 0 Å². The molecule has 3 N–H and O–H groups in total. The number of nitrogens with one attached hydrogen (secondary N) is 1. The van der Waals surface area contributed by atoms with Gasteiger partial charge >= 0.3 is 0 Å². The van der Waals surface area contributed by atoms with Gasteiger partial charge in [-0.25, -0.2) is 4.98 Å². The normalized spacial score (nSPS) is 12.9. The Morgan fingerprint density at radius 2 is 2.04 bits per heavy atom. The number of benzene rings is 1. The molecule has 0 spiro atoms. The molecular weight excluding hydrogens is 336 g/mol. The highest BCUT2D eigenvalue weighted by atomic mass is 35.5. The Labute approximate surface area is 156 Å². The van der Waals surface area contributed by atoms with Gasteiger partial charge in [-0.15, -0.1) is 12.4 Å². The van der Waals surface area contributed by atoms with E-state index in [0.717, 1.165) is 31.6 Å². The van der Waals surface area contributed by atoms with E-state index in [1.807, 2.05) is 26.1 Å². The fourth-order valence-electron chi connectivity index (χ4n) is 2.61. The molecule has 6 heteroatoms. The molecular formula is C19H29ClN4O. The number of hydrogen-bond acceptors (Lipinski definition) is 3. The van der Waals surface area contributed by atoms with Gasteiger partial charge in [-0.05, 0) is 24.3 Å². The van der Waals surface area contributed by atoms with E-state index in [2.05, 4.69) is 39.1 Å². The van der Waals surface area contributed by atoms with Crippen molar-refractivity contribution >= 4 is 18.3 Å². The molecule has 0 fully saturated rings. The van der Waals surface area contributed by atoms with E-state index in [1.165, 1.54) is 5.56 Å². The molecule has 0 aliphatic carbocycles. The number of aryl methyl sites for hydroxylation is 2. The Kier molecular flexibility index (Phi) is 9.24. The van der Waals surface area contributed by atoms with Crippen LogP contribution in [0, 0.1) is 5.92 Å². The molecule has 2 rings (SSSR count). The fourth-order valence-corrected chi connectivity index (χ4v) is 2.61. The number of nitrogens with zero attached hydrogens (tertiary/aromatic N) is 2. The molecule has 0 aliphatic heterocycles. The van der Waals surface area contributed by atoms with Crippen molar-refractivity contribution in [3.63, 3.8) is 0 Å². The van der Waals surface area contributed by atoms with Crippen molar-refractivity contribution in [1.82, 2.24) is 14.9 Å². The second-order valence-electron chi connectivity index (χ2n) is 6.26. The van der Waals surface area contributed by atoms with Gasteiger partial charge in [0.05, 0.1) is 12.6 Å². The quantitative estimate of drug-likeness (QED) is 0.718. The zero-order chi connectivity index (χ0) is 17.4. The molecule has 25 heavy (non-hydrogen) atoms. The minimum absolute atomic E-state index is 0. The van der Waals surface area contributed by atoms with Gasteiger partial charge in [0.1, 0.15) is 5.82 Å². The molecule has 5 nitrogen and oxygen atoms in total. The maximum absolute atomic E-state index is 12.1. The summed E-state index contributed by atoms with van der Waals surface area (Å²) in [4.78, 5) is 16.4. The summed E-state index contributed by atoms with van der Waals surface area (Å²) in [5.74, 6) is 0.937. The van der Waals surface area contributed by atoms with Crippen molar-refractivity contribution in [1.29, 1.82) is 0 Å². The third-order valence-corrected chi connectivity index (χ3v) is 4.49. The average molecular weight is 365 g/mol. The van der Waals surface area contributed by atoms with Crippen molar-refractivity contribution in [2.45, 2.75) is 52.2 Å². The summed E-state index contributed by atoms with van der Waals surface area (Å²) in [6.45, 7) is 5.34. The van der Waals surface area contributed by atoms with Crippen molar-refractivity contribution in [2.75, 3.05) is 0 Å². The van der Waals surface area contributed by atoms with Gasteiger partial charge in [0.15, 0.2) is 0 Å². The molecule has 1 heterocycles. The largest absolute Gasteiger partial charge is 0.348 e. The van der Waals surface area contributed by atoms with Crippen LogP contribution in [-0.4, -0.2) is 21.5 Å². The molecule has 0 saturated carbocycles. The summed E-state index contributed by atoms with van der Waals surface area (Å²) in [6, 6.07) is 9.99. The number of hydrogen-bond donors (Lipinski definition) is 2. The van der Waals surface area contributed by atoms with Gasteiger partial charge in [-0.3, -0.25) is 4.79 Å². The number of halogens is 1. The van der Waals surface area contributed by atoms with Crippen LogP contribution in [0.5, 0.6) is 0 Å². The predicted octanol–water partition coefficient (Wildman–Crippen LogP) is 2.93. The summed E-state index contributed by atoms with van der Waals surface area (Å²) in [7, 11) is 0. The van der Waals surface area contributed by atoms with E-state index in [1.54, 1.807) is 6.20 Å². The molecule has 1 amide bonds. The third kappa shape index (κ3) is 6.52. The number of amides is 1. The Bertz CT molecular complexity index is 629. The van der Waals surface area contributed by atoms with E-state index >= 15 is 0 Å². The maximum Gasteiger partial charge on any atom is 0.237 e. The van der Waals surface area contributed by atoms with E-state index in [4.69, 9.17) is 5.73 Å². The fraction of sp³-hybridized carbons (Fsp3) is 0.474. The number of aromatic nitrogens is 2. The van der Waals surface area contributed by atoms with Crippen LogP contribution >= 0.6 is 12.4 Å². The van der Waals surface area contributed by atoms with Crippen LogP contribution in [0.15, 0.2) is 42.7 Å². The number of carbonyl (C=O) groups excluding carboxylic acids is 1. The van der Waals surface area contributed by atoms with Gasteiger partial charge in [0.2, 0.25) is 5.91 Å². The molecule has 1 aromatic heterocycles. The first-order valence-corrected chi connectivity index (χ1v) is 8.69. The lowest BCUT2D eigenvalue weighted by molar-refractivity contribution is -0.123. The van der Waals surface area contributed by atoms with Crippen LogP contribution in [0.2, 0.25) is 0 Å². The summed E-state index contributed by atoms with van der Waals surface area (Å²) < 4.78 is 2.10. The average Bonchev–Trinajstić information content (AvgIpc) is 3.06. The lowest BCUT2D eigenvalue weighted by atomic mass is 9.99. The molecule has 1 aromatic carbocycles. The van der Waals surface area contributed by atoms with Crippen LogP contribution in [-0.2, 0) is 24.3 Å². The molecule has 2 unspecified atom stereocenters. The first-order valence-electron chi connectivity index (χ1n) is 8.69.